The number of carbonyl (C=O) groups is 2. The van der Waals surface area contributed by atoms with Gasteiger partial charge in [-0.25, -0.2) is 9.18 Å². The summed E-state index contributed by atoms with van der Waals surface area (Å²) in [7, 11) is 0. The summed E-state index contributed by atoms with van der Waals surface area (Å²) in [6.45, 7) is 4.90. The number of carboxylic acids is 1. The number of para-hydroxylation sites is 1. The number of nitrogens with zero attached hydrogens (tertiary/aromatic N) is 1. The SMILES string of the molecule is CCOc1cc2c(cc1OCC)[C@@H](CC(=O)O)N(C(=O)Nc1ccccc1F)CC2. The van der Waals surface area contributed by atoms with Gasteiger partial charge in [-0.05, 0) is 55.7 Å². The Morgan fingerprint density at radius 1 is 1.17 bits per heavy atom. The van der Waals surface area contributed by atoms with Crippen LogP contribution in [0.15, 0.2) is 36.4 Å². The maximum Gasteiger partial charge on any atom is 0.322 e. The van der Waals surface area contributed by atoms with E-state index in [2.05, 4.69) is 5.32 Å². The molecule has 0 aliphatic carbocycles. The number of urea groups is 1. The van der Waals surface area contributed by atoms with Gasteiger partial charge in [-0.3, -0.25) is 4.79 Å². The molecule has 0 bridgehead atoms. The van der Waals surface area contributed by atoms with Crippen molar-refractivity contribution in [3.05, 3.63) is 53.3 Å². The summed E-state index contributed by atoms with van der Waals surface area (Å²) >= 11 is 0. The van der Waals surface area contributed by atoms with Crippen LogP contribution in [0.1, 0.15) is 37.4 Å². The molecule has 160 valence electrons. The number of amides is 2. The first-order chi connectivity index (χ1) is 14.4. The van der Waals surface area contributed by atoms with E-state index in [1.54, 1.807) is 12.1 Å². The minimum atomic E-state index is -1.04. The van der Waals surface area contributed by atoms with Crippen LogP contribution in [-0.2, 0) is 11.2 Å². The highest BCUT2D eigenvalue weighted by Gasteiger charge is 2.34. The average Bonchev–Trinajstić information content (AvgIpc) is 2.70. The topological polar surface area (TPSA) is 88.1 Å². The lowest BCUT2D eigenvalue weighted by molar-refractivity contribution is -0.138. The average molecular weight is 416 g/mol. The maximum absolute atomic E-state index is 14.0. The Hall–Kier alpha value is -3.29. The van der Waals surface area contributed by atoms with Crippen molar-refractivity contribution in [2.24, 2.45) is 0 Å². The summed E-state index contributed by atoms with van der Waals surface area (Å²) in [5.74, 6) is -0.497. The highest BCUT2D eigenvalue weighted by atomic mass is 19.1. The first-order valence-corrected chi connectivity index (χ1v) is 9.90. The molecule has 2 aromatic carbocycles. The lowest BCUT2D eigenvalue weighted by Crippen LogP contribution is -2.43. The fraction of sp³-hybridized carbons (Fsp3) is 0.364. The molecule has 3 rings (SSSR count). The molecule has 2 amide bonds. The minimum absolute atomic E-state index is 0.0454. The number of aliphatic carboxylic acids is 1. The van der Waals surface area contributed by atoms with E-state index >= 15 is 0 Å². The summed E-state index contributed by atoms with van der Waals surface area (Å²) in [6, 6.07) is 8.18. The molecule has 1 aliphatic heterocycles. The van der Waals surface area contributed by atoms with Gasteiger partial charge in [-0.1, -0.05) is 12.1 Å². The van der Waals surface area contributed by atoms with Crippen molar-refractivity contribution in [3.63, 3.8) is 0 Å². The van der Waals surface area contributed by atoms with Crippen LogP contribution in [0, 0.1) is 5.82 Å². The van der Waals surface area contributed by atoms with Crippen molar-refractivity contribution in [1.82, 2.24) is 4.90 Å². The molecule has 0 saturated heterocycles. The van der Waals surface area contributed by atoms with Crippen LogP contribution >= 0.6 is 0 Å². The molecule has 0 fully saturated rings. The lowest BCUT2D eigenvalue weighted by atomic mass is 9.90. The van der Waals surface area contributed by atoms with Gasteiger partial charge in [0.1, 0.15) is 5.82 Å². The zero-order chi connectivity index (χ0) is 21.7. The van der Waals surface area contributed by atoms with E-state index < -0.39 is 23.9 Å². The molecule has 1 atom stereocenters. The Morgan fingerprint density at radius 2 is 1.83 bits per heavy atom. The quantitative estimate of drug-likeness (QED) is 0.705. The monoisotopic (exact) mass is 416 g/mol. The molecule has 0 aromatic heterocycles. The van der Waals surface area contributed by atoms with Crippen molar-refractivity contribution in [2.45, 2.75) is 32.7 Å². The molecule has 0 radical (unpaired) electrons. The number of halogens is 1. The minimum Gasteiger partial charge on any atom is -0.490 e. The number of rotatable bonds is 7. The third-order valence-electron chi connectivity index (χ3n) is 4.91. The van der Waals surface area contributed by atoms with Crippen LogP contribution in [0.2, 0.25) is 0 Å². The van der Waals surface area contributed by atoms with E-state index in [0.717, 1.165) is 5.56 Å². The smallest absolute Gasteiger partial charge is 0.322 e. The number of hydrogen-bond acceptors (Lipinski definition) is 4. The highest BCUT2D eigenvalue weighted by molar-refractivity contribution is 5.90. The van der Waals surface area contributed by atoms with Gasteiger partial charge < -0.3 is 24.8 Å². The predicted molar refractivity (Wildman–Crippen MR) is 110 cm³/mol. The third kappa shape index (κ3) is 4.64. The van der Waals surface area contributed by atoms with Crippen LogP contribution in [-0.4, -0.2) is 41.8 Å². The van der Waals surface area contributed by atoms with Gasteiger partial charge in [0.25, 0.3) is 0 Å². The number of ether oxygens (including phenoxy) is 2. The summed E-state index contributed by atoms with van der Waals surface area (Å²) in [4.78, 5) is 25.9. The van der Waals surface area contributed by atoms with Crippen LogP contribution < -0.4 is 14.8 Å². The van der Waals surface area contributed by atoms with Crippen molar-refractivity contribution >= 4 is 17.7 Å². The Bertz CT molecular complexity index is 934. The van der Waals surface area contributed by atoms with Crippen LogP contribution in [0.3, 0.4) is 0 Å². The Labute approximate surface area is 174 Å². The number of carbonyl (C=O) groups excluding carboxylic acids is 1. The number of anilines is 1. The zero-order valence-electron chi connectivity index (χ0n) is 17.0. The molecule has 0 unspecified atom stereocenters. The lowest BCUT2D eigenvalue weighted by Gasteiger charge is -2.37. The molecular weight excluding hydrogens is 391 g/mol. The predicted octanol–water partition coefficient (Wildman–Crippen LogP) is 4.23. The normalized spacial score (nSPS) is 15.3. The van der Waals surface area contributed by atoms with Gasteiger partial charge in [0.2, 0.25) is 0 Å². The van der Waals surface area contributed by atoms with E-state index in [-0.39, 0.29) is 12.1 Å². The molecular formula is C22H25FN2O5. The largest absolute Gasteiger partial charge is 0.490 e. The number of hydrogen-bond donors (Lipinski definition) is 2. The molecule has 1 heterocycles. The van der Waals surface area contributed by atoms with Crippen LogP contribution in [0.5, 0.6) is 11.5 Å². The van der Waals surface area contributed by atoms with Crippen molar-refractivity contribution in [2.75, 3.05) is 25.1 Å². The third-order valence-corrected chi connectivity index (χ3v) is 4.91. The van der Waals surface area contributed by atoms with E-state index in [1.807, 2.05) is 19.9 Å². The van der Waals surface area contributed by atoms with Gasteiger partial charge in [0.05, 0.1) is 31.4 Å². The van der Waals surface area contributed by atoms with Gasteiger partial charge in [0, 0.05) is 6.54 Å². The van der Waals surface area contributed by atoms with Gasteiger partial charge >= 0.3 is 12.0 Å². The Kier molecular flexibility index (Phi) is 6.76. The fourth-order valence-electron chi connectivity index (χ4n) is 3.62. The van der Waals surface area contributed by atoms with E-state index in [0.29, 0.717) is 43.2 Å². The molecule has 30 heavy (non-hydrogen) atoms. The fourth-order valence-corrected chi connectivity index (χ4v) is 3.62. The van der Waals surface area contributed by atoms with Crippen LogP contribution in [0.25, 0.3) is 0 Å². The summed E-state index contributed by atoms with van der Waals surface area (Å²) in [5.41, 5.74) is 1.64. The Balaban J connectivity index is 1.96. The van der Waals surface area contributed by atoms with Gasteiger partial charge in [-0.15, -0.1) is 0 Å². The van der Waals surface area contributed by atoms with E-state index in [1.165, 1.54) is 23.1 Å². The number of carboxylic acid groups (broad SMARTS) is 1. The summed E-state index contributed by atoms with van der Waals surface area (Å²) < 4.78 is 25.3. The van der Waals surface area contributed by atoms with E-state index in [4.69, 9.17) is 9.47 Å². The number of benzene rings is 2. The highest BCUT2D eigenvalue weighted by Crippen LogP contribution is 2.40. The molecule has 8 heteroatoms. The van der Waals surface area contributed by atoms with Crippen molar-refractivity contribution in [3.8, 4) is 11.5 Å². The summed E-state index contributed by atoms with van der Waals surface area (Å²) in [5, 5.41) is 12.0. The second-order valence-corrected chi connectivity index (χ2v) is 6.83. The first-order valence-electron chi connectivity index (χ1n) is 9.90. The summed E-state index contributed by atoms with van der Waals surface area (Å²) in [6.07, 6.45) is 0.236. The standard InChI is InChI=1S/C22H25FN2O5/c1-3-29-19-11-14-9-10-25(22(28)24-17-8-6-5-7-16(17)23)18(13-21(26)27)15(14)12-20(19)30-4-2/h5-8,11-12,18H,3-4,9-10,13H2,1-2H3,(H,24,28)(H,26,27)/t18-/m1/s1. The molecule has 7 nitrogen and oxygen atoms in total. The van der Waals surface area contributed by atoms with Crippen molar-refractivity contribution < 1.29 is 28.6 Å². The van der Waals surface area contributed by atoms with Crippen LogP contribution in [0.4, 0.5) is 14.9 Å². The zero-order valence-corrected chi connectivity index (χ0v) is 17.0. The molecule has 2 aromatic rings. The Morgan fingerprint density at radius 3 is 2.47 bits per heavy atom. The second-order valence-electron chi connectivity index (χ2n) is 6.83. The molecule has 0 saturated carbocycles. The van der Waals surface area contributed by atoms with Gasteiger partial charge in [0.15, 0.2) is 11.5 Å². The first kappa shape index (κ1) is 21.4. The number of fused-ring (bicyclic) bond motifs is 1. The van der Waals surface area contributed by atoms with E-state index in [9.17, 15) is 19.1 Å². The maximum atomic E-state index is 14.0. The molecule has 2 N–H and O–H groups in total. The number of nitrogens with one attached hydrogen (secondary N) is 1. The second kappa shape index (κ2) is 9.47. The molecule has 1 aliphatic rings. The molecule has 0 spiro atoms. The van der Waals surface area contributed by atoms with Gasteiger partial charge in [-0.2, -0.15) is 0 Å². The van der Waals surface area contributed by atoms with Crippen molar-refractivity contribution in [1.29, 1.82) is 0 Å².